The van der Waals surface area contributed by atoms with Crippen molar-refractivity contribution in [1.29, 1.82) is 0 Å². The van der Waals surface area contributed by atoms with Crippen molar-refractivity contribution < 1.29 is 13.2 Å². The molecule has 3 aromatic rings. The highest BCUT2D eigenvalue weighted by molar-refractivity contribution is 7.92. The minimum atomic E-state index is -3.71. The first kappa shape index (κ1) is 21.6. The van der Waals surface area contributed by atoms with Gasteiger partial charge in [0.2, 0.25) is 0 Å². The highest BCUT2D eigenvalue weighted by Gasteiger charge is 2.29. The third kappa shape index (κ3) is 4.36. The van der Waals surface area contributed by atoms with Gasteiger partial charge in [0.15, 0.2) is 5.13 Å². The van der Waals surface area contributed by atoms with E-state index in [0.717, 1.165) is 48.2 Å². The van der Waals surface area contributed by atoms with Crippen LogP contribution < -0.4 is 9.62 Å². The van der Waals surface area contributed by atoms with Gasteiger partial charge in [0.05, 0.1) is 16.3 Å². The number of anilines is 2. The maximum absolute atomic E-state index is 13.3. The average Bonchev–Trinajstić information content (AvgIpc) is 3.33. The summed E-state index contributed by atoms with van der Waals surface area (Å²) in [5.41, 5.74) is 4.04. The standard InChI is InChI=1S/C25H23N3O3S2/c29-24(27-25-26-22(17-32-25)18-7-2-1-3-8-18)20-12-14-21(15-13-20)33(30,31)28-16-6-10-19-9-4-5-11-23(19)28/h2,4-5,7-9,11-15,17H,1,3,6,10,16H2,(H,26,27,29). The van der Waals surface area contributed by atoms with Gasteiger partial charge in [0.25, 0.3) is 15.9 Å². The van der Waals surface area contributed by atoms with Crippen LogP contribution in [0.4, 0.5) is 10.8 Å². The van der Waals surface area contributed by atoms with Gasteiger partial charge in [-0.3, -0.25) is 14.4 Å². The van der Waals surface area contributed by atoms with Crippen molar-refractivity contribution in [2.75, 3.05) is 16.2 Å². The number of thiazole rings is 1. The lowest BCUT2D eigenvalue weighted by atomic mass is 10.0. The number of nitrogens with zero attached hydrogens (tertiary/aromatic N) is 2. The molecule has 1 aliphatic carbocycles. The third-order valence-corrected chi connectivity index (χ3v) is 8.37. The first-order chi connectivity index (χ1) is 16.0. The number of fused-ring (bicyclic) bond motifs is 1. The number of sulfonamides is 1. The van der Waals surface area contributed by atoms with Gasteiger partial charge < -0.3 is 0 Å². The molecule has 8 heteroatoms. The van der Waals surface area contributed by atoms with Crippen molar-refractivity contribution >= 4 is 43.7 Å². The molecule has 1 amide bonds. The molecular weight excluding hydrogens is 454 g/mol. The maximum Gasteiger partial charge on any atom is 0.264 e. The van der Waals surface area contributed by atoms with Crippen LogP contribution in [0.5, 0.6) is 0 Å². The SMILES string of the molecule is O=C(Nc1nc(C2=CCCC=C2)cs1)c1ccc(S(=O)(=O)N2CCCc3ccccc32)cc1. The van der Waals surface area contributed by atoms with Crippen molar-refractivity contribution in [1.82, 2.24) is 4.98 Å². The number of amides is 1. The van der Waals surface area contributed by atoms with Gasteiger partial charge in [-0.2, -0.15) is 0 Å². The first-order valence-electron chi connectivity index (χ1n) is 10.9. The molecule has 6 nitrogen and oxygen atoms in total. The second-order valence-electron chi connectivity index (χ2n) is 7.97. The molecule has 1 aliphatic heterocycles. The van der Waals surface area contributed by atoms with Crippen molar-refractivity contribution in [2.24, 2.45) is 0 Å². The molecule has 1 aromatic heterocycles. The Hall–Kier alpha value is -3.23. The minimum Gasteiger partial charge on any atom is -0.298 e. The molecule has 0 saturated heterocycles. The lowest BCUT2D eigenvalue weighted by molar-refractivity contribution is 0.102. The quantitative estimate of drug-likeness (QED) is 0.543. The number of para-hydroxylation sites is 1. The third-order valence-electron chi connectivity index (χ3n) is 5.79. The van der Waals surface area contributed by atoms with Gasteiger partial charge in [-0.1, -0.05) is 36.4 Å². The van der Waals surface area contributed by atoms with Crippen LogP contribution in [0.3, 0.4) is 0 Å². The fourth-order valence-corrected chi connectivity index (χ4v) is 6.35. The molecule has 0 saturated carbocycles. The number of hydrogen-bond donors (Lipinski definition) is 1. The van der Waals surface area contributed by atoms with Crippen LogP contribution in [-0.2, 0) is 16.4 Å². The summed E-state index contributed by atoms with van der Waals surface area (Å²) < 4.78 is 28.0. The molecule has 0 unspecified atom stereocenters. The molecule has 2 heterocycles. The molecule has 0 atom stereocenters. The van der Waals surface area contributed by atoms with E-state index in [4.69, 9.17) is 0 Å². The fraction of sp³-hybridized carbons (Fsp3) is 0.200. The Morgan fingerprint density at radius 3 is 2.67 bits per heavy atom. The molecule has 0 fully saturated rings. The lowest BCUT2D eigenvalue weighted by Gasteiger charge is -2.30. The van der Waals surface area contributed by atoms with Crippen LogP contribution in [0.25, 0.3) is 5.57 Å². The van der Waals surface area contributed by atoms with Crippen LogP contribution in [0.15, 0.2) is 77.0 Å². The fourth-order valence-electron chi connectivity index (χ4n) is 4.09. The predicted octanol–water partition coefficient (Wildman–Crippen LogP) is 5.27. The number of carbonyl (C=O) groups is 1. The monoisotopic (exact) mass is 477 g/mol. The summed E-state index contributed by atoms with van der Waals surface area (Å²) in [4.78, 5) is 17.4. The zero-order chi connectivity index (χ0) is 22.8. The van der Waals surface area contributed by atoms with E-state index in [-0.39, 0.29) is 10.8 Å². The topological polar surface area (TPSA) is 79.4 Å². The number of benzene rings is 2. The number of aryl methyl sites for hydroxylation is 1. The Balaban J connectivity index is 1.32. The number of aromatic nitrogens is 1. The Kier molecular flexibility index (Phi) is 5.86. The van der Waals surface area contributed by atoms with Crippen molar-refractivity contribution in [3.63, 3.8) is 0 Å². The van der Waals surface area contributed by atoms with Crippen LogP contribution in [0.2, 0.25) is 0 Å². The zero-order valence-corrected chi connectivity index (χ0v) is 19.5. The predicted molar refractivity (Wildman–Crippen MR) is 132 cm³/mol. The van der Waals surface area contributed by atoms with E-state index < -0.39 is 10.0 Å². The minimum absolute atomic E-state index is 0.170. The van der Waals surface area contributed by atoms with E-state index in [1.807, 2.05) is 35.7 Å². The van der Waals surface area contributed by atoms with Gasteiger partial charge in [0.1, 0.15) is 0 Å². The molecule has 0 spiro atoms. The summed E-state index contributed by atoms with van der Waals surface area (Å²) in [6, 6.07) is 13.7. The summed E-state index contributed by atoms with van der Waals surface area (Å²) >= 11 is 1.37. The van der Waals surface area contributed by atoms with Crippen LogP contribution in [-0.4, -0.2) is 25.9 Å². The Bertz CT molecular complexity index is 1360. The molecule has 168 valence electrons. The summed E-state index contributed by atoms with van der Waals surface area (Å²) in [5, 5.41) is 5.24. The Labute approximate surface area is 197 Å². The van der Waals surface area contributed by atoms with E-state index in [0.29, 0.717) is 17.2 Å². The Morgan fingerprint density at radius 1 is 1.06 bits per heavy atom. The van der Waals surface area contributed by atoms with Gasteiger partial charge >= 0.3 is 0 Å². The number of hydrogen-bond acceptors (Lipinski definition) is 5. The molecule has 33 heavy (non-hydrogen) atoms. The normalized spacial score (nSPS) is 15.6. The maximum atomic E-state index is 13.3. The van der Waals surface area contributed by atoms with Crippen molar-refractivity contribution in [3.8, 4) is 0 Å². The second-order valence-corrected chi connectivity index (χ2v) is 10.7. The number of nitrogens with one attached hydrogen (secondary N) is 1. The van der Waals surface area contributed by atoms with E-state index in [1.165, 1.54) is 27.8 Å². The smallest absolute Gasteiger partial charge is 0.264 e. The van der Waals surface area contributed by atoms with Crippen LogP contribution in [0.1, 0.15) is 40.9 Å². The summed E-state index contributed by atoms with van der Waals surface area (Å²) in [5.74, 6) is -0.323. The largest absolute Gasteiger partial charge is 0.298 e. The van der Waals surface area contributed by atoms with E-state index in [9.17, 15) is 13.2 Å². The Morgan fingerprint density at radius 2 is 1.88 bits per heavy atom. The van der Waals surface area contributed by atoms with E-state index >= 15 is 0 Å². The summed E-state index contributed by atoms with van der Waals surface area (Å²) in [7, 11) is -3.71. The van der Waals surface area contributed by atoms with Crippen LogP contribution >= 0.6 is 11.3 Å². The number of carbonyl (C=O) groups excluding carboxylic acids is 1. The van der Waals surface area contributed by atoms with Gasteiger partial charge in [0, 0.05) is 17.5 Å². The summed E-state index contributed by atoms with van der Waals surface area (Å²) in [6.07, 6.45) is 9.97. The van der Waals surface area contributed by atoms with Gasteiger partial charge in [-0.25, -0.2) is 13.4 Å². The van der Waals surface area contributed by atoms with Gasteiger partial charge in [-0.15, -0.1) is 11.3 Å². The second kappa shape index (κ2) is 8.96. The highest BCUT2D eigenvalue weighted by Crippen LogP contribution is 2.32. The molecular formula is C25H23N3O3S2. The first-order valence-corrected chi connectivity index (χ1v) is 13.2. The molecule has 0 radical (unpaired) electrons. The highest BCUT2D eigenvalue weighted by atomic mass is 32.2. The number of rotatable bonds is 5. The number of allylic oxidation sites excluding steroid dienone is 4. The zero-order valence-electron chi connectivity index (χ0n) is 17.9. The van der Waals surface area contributed by atoms with E-state index in [1.54, 1.807) is 12.1 Å². The lowest BCUT2D eigenvalue weighted by Crippen LogP contribution is -2.35. The summed E-state index contributed by atoms with van der Waals surface area (Å²) in [6.45, 7) is 0.444. The van der Waals surface area contributed by atoms with Crippen LogP contribution in [0, 0.1) is 0 Å². The molecule has 1 N–H and O–H groups in total. The van der Waals surface area contributed by atoms with Crippen molar-refractivity contribution in [2.45, 2.75) is 30.6 Å². The average molecular weight is 478 g/mol. The van der Waals surface area contributed by atoms with Gasteiger partial charge in [-0.05, 0) is 67.2 Å². The van der Waals surface area contributed by atoms with Crippen molar-refractivity contribution in [3.05, 3.63) is 89.0 Å². The molecule has 0 bridgehead atoms. The molecule has 2 aromatic carbocycles. The van der Waals surface area contributed by atoms with E-state index in [2.05, 4.69) is 22.5 Å². The molecule has 2 aliphatic rings. The molecule has 5 rings (SSSR count).